The van der Waals surface area contributed by atoms with E-state index in [1.165, 1.54) is 32.1 Å². The molecule has 2 unspecified atom stereocenters. The van der Waals surface area contributed by atoms with Crippen molar-refractivity contribution in [3.63, 3.8) is 0 Å². The highest BCUT2D eigenvalue weighted by Crippen LogP contribution is 2.32. The van der Waals surface area contributed by atoms with E-state index in [2.05, 4.69) is 19.2 Å². The number of carbonyl (C=O) groups is 1. The third-order valence-electron chi connectivity index (χ3n) is 7.05. The van der Waals surface area contributed by atoms with Crippen molar-refractivity contribution in [2.45, 2.75) is 84.0 Å². The number of aliphatic hydroxyl groups excluding tert-OH is 1. The first-order valence-corrected chi connectivity index (χ1v) is 12.6. The molecule has 2 aromatic rings. The summed E-state index contributed by atoms with van der Waals surface area (Å²) in [7, 11) is 0. The lowest BCUT2D eigenvalue weighted by molar-refractivity contribution is -0.00453. The monoisotopic (exact) mass is 467 g/mol. The van der Waals surface area contributed by atoms with Gasteiger partial charge in [0.05, 0.1) is 24.4 Å². The van der Waals surface area contributed by atoms with Gasteiger partial charge < -0.3 is 20.3 Å². The lowest BCUT2D eigenvalue weighted by Crippen LogP contribution is -2.45. The molecule has 34 heavy (non-hydrogen) atoms. The Hall–Kier alpha value is -2.21. The normalized spacial score (nSPS) is 16.9. The van der Waals surface area contributed by atoms with Crippen LogP contribution in [0.4, 0.5) is 0 Å². The van der Waals surface area contributed by atoms with Gasteiger partial charge >= 0.3 is 5.97 Å². The van der Waals surface area contributed by atoms with Gasteiger partial charge in [-0.3, -0.25) is 0 Å². The second-order valence-electron chi connectivity index (χ2n) is 10.5. The van der Waals surface area contributed by atoms with Crippen molar-refractivity contribution in [2.75, 3.05) is 13.2 Å². The summed E-state index contributed by atoms with van der Waals surface area (Å²) >= 11 is 0. The van der Waals surface area contributed by atoms with Crippen LogP contribution in [0.15, 0.2) is 42.5 Å². The number of carboxylic acids is 1. The number of benzene rings is 2. The Balaban J connectivity index is 1.56. The van der Waals surface area contributed by atoms with Crippen LogP contribution in [0.1, 0.15) is 86.9 Å². The standard InChI is InChI=1S/C29H41NO4/c1-20-16-23(14-15-25(20)28(32)33)27-13-9-8-12-26(27)21(2)34-19-24(31)18-30-29(3,4)17-22-10-6-5-7-11-22/h8-9,12-16,21-22,24,30-31H,5-7,10-11,17-19H2,1-4H3,(H,32,33). The molecule has 0 spiro atoms. The number of aromatic carboxylic acids is 1. The van der Waals surface area contributed by atoms with Crippen molar-refractivity contribution >= 4 is 5.97 Å². The molecule has 5 heteroatoms. The van der Waals surface area contributed by atoms with E-state index in [0.717, 1.165) is 34.6 Å². The Labute approximate surface area is 204 Å². The molecular weight excluding hydrogens is 426 g/mol. The Morgan fingerprint density at radius 2 is 1.85 bits per heavy atom. The van der Waals surface area contributed by atoms with Crippen molar-refractivity contribution in [1.29, 1.82) is 0 Å². The van der Waals surface area contributed by atoms with Gasteiger partial charge in [0, 0.05) is 12.1 Å². The molecule has 0 saturated heterocycles. The van der Waals surface area contributed by atoms with Gasteiger partial charge in [-0.1, -0.05) is 68.5 Å². The van der Waals surface area contributed by atoms with E-state index in [1.807, 2.05) is 50.2 Å². The maximum absolute atomic E-state index is 11.4. The predicted octanol–water partition coefficient (Wildman–Crippen LogP) is 6.14. The molecule has 0 bridgehead atoms. The molecule has 0 aliphatic heterocycles. The van der Waals surface area contributed by atoms with Crippen LogP contribution in [-0.4, -0.2) is 41.0 Å². The minimum atomic E-state index is -0.918. The third kappa shape index (κ3) is 7.39. The van der Waals surface area contributed by atoms with Crippen molar-refractivity contribution in [3.05, 3.63) is 59.2 Å². The quantitative estimate of drug-likeness (QED) is 0.370. The number of hydrogen-bond acceptors (Lipinski definition) is 4. The lowest BCUT2D eigenvalue weighted by atomic mass is 9.81. The van der Waals surface area contributed by atoms with Crippen molar-refractivity contribution in [3.8, 4) is 11.1 Å². The molecule has 0 amide bonds. The van der Waals surface area contributed by atoms with Crippen LogP contribution in [0.3, 0.4) is 0 Å². The molecule has 0 radical (unpaired) electrons. The number of carboxylic acid groups (broad SMARTS) is 1. The number of rotatable bonds is 11. The van der Waals surface area contributed by atoms with Gasteiger partial charge in [0.25, 0.3) is 0 Å². The van der Waals surface area contributed by atoms with Crippen LogP contribution >= 0.6 is 0 Å². The van der Waals surface area contributed by atoms with E-state index in [-0.39, 0.29) is 18.2 Å². The van der Waals surface area contributed by atoms with Crippen LogP contribution in [0.5, 0.6) is 0 Å². The molecule has 3 rings (SSSR count). The summed E-state index contributed by atoms with van der Waals surface area (Å²) in [4.78, 5) is 11.4. The second kappa shape index (κ2) is 12.0. The van der Waals surface area contributed by atoms with Crippen molar-refractivity contribution in [1.82, 2.24) is 5.32 Å². The van der Waals surface area contributed by atoms with Gasteiger partial charge in [0.1, 0.15) is 0 Å². The molecule has 1 aliphatic rings. The SMILES string of the molecule is Cc1cc(-c2ccccc2C(C)OCC(O)CNC(C)(C)CC2CCCCC2)ccc1C(=O)O. The highest BCUT2D eigenvalue weighted by atomic mass is 16.5. The van der Waals surface area contributed by atoms with E-state index in [9.17, 15) is 15.0 Å². The van der Waals surface area contributed by atoms with Gasteiger partial charge in [-0.05, 0) is 68.4 Å². The van der Waals surface area contributed by atoms with Crippen LogP contribution in [-0.2, 0) is 4.74 Å². The molecule has 2 aromatic carbocycles. The molecule has 1 aliphatic carbocycles. The zero-order chi connectivity index (χ0) is 24.7. The topological polar surface area (TPSA) is 78.8 Å². The zero-order valence-electron chi connectivity index (χ0n) is 21.1. The molecule has 0 heterocycles. The Bertz CT molecular complexity index is 949. The molecule has 3 N–H and O–H groups in total. The fourth-order valence-corrected chi connectivity index (χ4v) is 5.17. The predicted molar refractivity (Wildman–Crippen MR) is 137 cm³/mol. The Morgan fingerprint density at radius 3 is 2.53 bits per heavy atom. The number of β-amino-alcohol motifs (C(OH)–C–C–N with tert-alkyl or cyclic N) is 1. The molecule has 5 nitrogen and oxygen atoms in total. The van der Waals surface area contributed by atoms with E-state index in [0.29, 0.717) is 12.1 Å². The molecular formula is C29H41NO4. The molecule has 2 atom stereocenters. The number of nitrogens with one attached hydrogen (secondary N) is 1. The second-order valence-corrected chi connectivity index (χ2v) is 10.5. The van der Waals surface area contributed by atoms with Crippen LogP contribution < -0.4 is 5.32 Å². The van der Waals surface area contributed by atoms with Gasteiger partial charge in [-0.25, -0.2) is 4.79 Å². The van der Waals surface area contributed by atoms with Crippen LogP contribution in [0.2, 0.25) is 0 Å². The van der Waals surface area contributed by atoms with Crippen molar-refractivity contribution < 1.29 is 19.7 Å². The van der Waals surface area contributed by atoms with Gasteiger partial charge in [0.15, 0.2) is 0 Å². The van der Waals surface area contributed by atoms with E-state index < -0.39 is 12.1 Å². The summed E-state index contributed by atoms with van der Waals surface area (Å²) in [5.41, 5.74) is 4.03. The highest BCUT2D eigenvalue weighted by Gasteiger charge is 2.25. The highest BCUT2D eigenvalue weighted by molar-refractivity contribution is 5.90. The fourth-order valence-electron chi connectivity index (χ4n) is 5.17. The first-order valence-electron chi connectivity index (χ1n) is 12.6. The number of ether oxygens (including phenoxy) is 1. The summed E-state index contributed by atoms with van der Waals surface area (Å²) in [5, 5.41) is 23.4. The Kier molecular flexibility index (Phi) is 9.29. The maximum atomic E-state index is 11.4. The van der Waals surface area contributed by atoms with Gasteiger partial charge in [-0.2, -0.15) is 0 Å². The first-order chi connectivity index (χ1) is 16.2. The molecule has 1 fully saturated rings. The van der Waals surface area contributed by atoms with Crippen LogP contribution in [0, 0.1) is 12.8 Å². The first kappa shape index (κ1) is 26.4. The minimum absolute atomic E-state index is 0.00117. The average Bonchev–Trinajstić information content (AvgIpc) is 2.81. The summed E-state index contributed by atoms with van der Waals surface area (Å²) in [5.74, 6) is -0.132. The third-order valence-corrected chi connectivity index (χ3v) is 7.05. The van der Waals surface area contributed by atoms with Crippen LogP contribution in [0.25, 0.3) is 11.1 Å². The summed E-state index contributed by atoms with van der Waals surface area (Å²) in [6.45, 7) is 9.01. The molecule has 186 valence electrons. The minimum Gasteiger partial charge on any atom is -0.478 e. The lowest BCUT2D eigenvalue weighted by Gasteiger charge is -2.33. The maximum Gasteiger partial charge on any atom is 0.335 e. The zero-order valence-corrected chi connectivity index (χ0v) is 21.1. The molecule has 1 saturated carbocycles. The summed E-state index contributed by atoms with van der Waals surface area (Å²) < 4.78 is 6.08. The summed E-state index contributed by atoms with van der Waals surface area (Å²) in [6, 6.07) is 13.4. The number of hydrogen-bond donors (Lipinski definition) is 3. The van der Waals surface area contributed by atoms with Crippen molar-refractivity contribution in [2.24, 2.45) is 5.92 Å². The van der Waals surface area contributed by atoms with Gasteiger partial charge in [0.2, 0.25) is 0 Å². The average molecular weight is 468 g/mol. The number of aryl methyl sites for hydroxylation is 1. The smallest absolute Gasteiger partial charge is 0.335 e. The fraction of sp³-hybridized carbons (Fsp3) is 0.552. The van der Waals surface area contributed by atoms with Gasteiger partial charge in [-0.15, -0.1) is 0 Å². The largest absolute Gasteiger partial charge is 0.478 e. The molecule has 0 aromatic heterocycles. The van der Waals surface area contributed by atoms with E-state index in [4.69, 9.17) is 4.74 Å². The van der Waals surface area contributed by atoms with E-state index >= 15 is 0 Å². The Morgan fingerprint density at radius 1 is 1.15 bits per heavy atom. The number of aliphatic hydroxyl groups is 1. The van der Waals surface area contributed by atoms with E-state index in [1.54, 1.807) is 6.07 Å². The summed E-state index contributed by atoms with van der Waals surface area (Å²) in [6.07, 6.45) is 7.07.